The maximum Gasteiger partial charge on any atom is 0.261 e. The summed E-state index contributed by atoms with van der Waals surface area (Å²) in [5, 5.41) is 0.843. The molecular weight excluding hydrogens is 266 g/mol. The summed E-state index contributed by atoms with van der Waals surface area (Å²) >= 11 is 1.28. The van der Waals surface area contributed by atoms with E-state index in [1.165, 1.54) is 11.3 Å². The summed E-state index contributed by atoms with van der Waals surface area (Å²) in [6.45, 7) is 5.50. The minimum atomic E-state index is -0.526. The number of primary amides is 1. The summed E-state index contributed by atoms with van der Waals surface area (Å²) in [5.41, 5.74) is 11.6. The molecule has 7 heteroatoms. The second-order valence-corrected chi connectivity index (χ2v) is 5.71. The molecule has 2 heterocycles. The van der Waals surface area contributed by atoms with Crippen molar-refractivity contribution in [1.29, 1.82) is 0 Å². The van der Waals surface area contributed by atoms with Gasteiger partial charge in [-0.05, 0) is 13.8 Å². The van der Waals surface area contributed by atoms with Crippen molar-refractivity contribution in [2.75, 3.05) is 30.8 Å². The number of carbonyl (C=O) groups excluding carboxylic acids is 1. The fraction of sp³-hybridized carbons (Fsp3) is 0.583. The van der Waals surface area contributed by atoms with Crippen LogP contribution in [0.5, 0.6) is 5.75 Å². The van der Waals surface area contributed by atoms with Gasteiger partial charge in [-0.15, -0.1) is 11.3 Å². The van der Waals surface area contributed by atoms with E-state index in [1.54, 1.807) is 7.11 Å². The van der Waals surface area contributed by atoms with Crippen molar-refractivity contribution < 1.29 is 14.3 Å². The molecular formula is C12H19N3O3S. The first-order valence-corrected chi connectivity index (χ1v) is 6.92. The Morgan fingerprint density at radius 2 is 2.00 bits per heavy atom. The zero-order valence-corrected chi connectivity index (χ0v) is 12.1. The van der Waals surface area contributed by atoms with Crippen molar-refractivity contribution in [2.45, 2.75) is 26.1 Å². The highest BCUT2D eigenvalue weighted by molar-refractivity contribution is 7.19. The van der Waals surface area contributed by atoms with Crippen molar-refractivity contribution in [3.8, 4) is 5.75 Å². The van der Waals surface area contributed by atoms with Gasteiger partial charge in [0.2, 0.25) is 0 Å². The van der Waals surface area contributed by atoms with Gasteiger partial charge in [0, 0.05) is 13.1 Å². The van der Waals surface area contributed by atoms with Crippen molar-refractivity contribution in [1.82, 2.24) is 0 Å². The van der Waals surface area contributed by atoms with Crippen LogP contribution in [0.2, 0.25) is 0 Å². The largest absolute Gasteiger partial charge is 0.492 e. The van der Waals surface area contributed by atoms with Gasteiger partial charge in [-0.25, -0.2) is 0 Å². The quantitative estimate of drug-likeness (QED) is 0.866. The average molecular weight is 285 g/mol. The van der Waals surface area contributed by atoms with Crippen molar-refractivity contribution >= 4 is 27.9 Å². The highest BCUT2D eigenvalue weighted by atomic mass is 32.1. The number of nitrogens with zero attached hydrogens (tertiary/aromatic N) is 1. The number of rotatable bonds is 3. The van der Waals surface area contributed by atoms with Crippen LogP contribution in [0.4, 0.5) is 10.7 Å². The molecule has 0 spiro atoms. The van der Waals surface area contributed by atoms with Gasteiger partial charge in [-0.2, -0.15) is 0 Å². The Hall–Kier alpha value is -1.47. The molecule has 0 bridgehead atoms. The highest BCUT2D eigenvalue weighted by Gasteiger charge is 2.29. The van der Waals surface area contributed by atoms with E-state index in [0.29, 0.717) is 16.3 Å². The molecule has 0 saturated carbocycles. The van der Waals surface area contributed by atoms with Gasteiger partial charge in [-0.3, -0.25) is 4.79 Å². The molecule has 1 saturated heterocycles. The first-order valence-electron chi connectivity index (χ1n) is 6.10. The van der Waals surface area contributed by atoms with Gasteiger partial charge < -0.3 is 25.8 Å². The predicted molar refractivity (Wildman–Crippen MR) is 76.0 cm³/mol. The monoisotopic (exact) mass is 285 g/mol. The maximum atomic E-state index is 11.4. The molecule has 2 rings (SSSR count). The van der Waals surface area contributed by atoms with Crippen LogP contribution < -0.4 is 21.1 Å². The number of hydrogen-bond acceptors (Lipinski definition) is 6. The van der Waals surface area contributed by atoms with Crippen LogP contribution in [-0.2, 0) is 4.74 Å². The van der Waals surface area contributed by atoms with Gasteiger partial charge >= 0.3 is 0 Å². The summed E-state index contributed by atoms with van der Waals surface area (Å²) in [6, 6.07) is 0. The minimum Gasteiger partial charge on any atom is -0.492 e. The number of thiophene rings is 1. The van der Waals surface area contributed by atoms with E-state index >= 15 is 0 Å². The number of methoxy groups -OCH3 is 1. The number of nitrogen functional groups attached to an aromatic ring is 1. The van der Waals surface area contributed by atoms with Gasteiger partial charge in [0.15, 0.2) is 5.75 Å². The fourth-order valence-corrected chi connectivity index (χ4v) is 3.41. The third-order valence-corrected chi connectivity index (χ3v) is 4.28. The summed E-state index contributed by atoms with van der Waals surface area (Å²) in [4.78, 5) is 13.8. The van der Waals surface area contributed by atoms with Crippen LogP contribution in [-0.4, -0.2) is 38.3 Å². The number of ether oxygens (including phenoxy) is 2. The van der Waals surface area contributed by atoms with Crippen LogP contribution in [0.3, 0.4) is 0 Å². The van der Waals surface area contributed by atoms with Gasteiger partial charge in [0.1, 0.15) is 15.6 Å². The fourth-order valence-electron chi connectivity index (χ4n) is 2.35. The Bertz CT molecular complexity index is 479. The number of nitrogens with two attached hydrogens (primary N) is 2. The number of amides is 1. The zero-order valence-electron chi connectivity index (χ0n) is 11.3. The SMILES string of the molecule is COc1c(N2CC(C)OC(C)C2)sc(C(N)=O)c1N. The molecule has 6 nitrogen and oxygen atoms in total. The van der Waals surface area contributed by atoms with Gasteiger partial charge in [0.25, 0.3) is 5.91 Å². The van der Waals surface area contributed by atoms with Crippen molar-refractivity contribution in [2.24, 2.45) is 5.73 Å². The molecule has 1 aliphatic rings. The maximum absolute atomic E-state index is 11.4. The normalized spacial score (nSPS) is 23.4. The molecule has 0 aromatic carbocycles. The molecule has 19 heavy (non-hydrogen) atoms. The zero-order chi connectivity index (χ0) is 14.2. The van der Waals surface area contributed by atoms with E-state index < -0.39 is 5.91 Å². The first kappa shape index (κ1) is 14.0. The van der Waals surface area contributed by atoms with Crippen LogP contribution in [0.15, 0.2) is 0 Å². The smallest absolute Gasteiger partial charge is 0.261 e. The minimum absolute atomic E-state index is 0.119. The Morgan fingerprint density at radius 1 is 1.42 bits per heavy atom. The van der Waals surface area contributed by atoms with E-state index in [9.17, 15) is 4.79 Å². The molecule has 1 fully saturated rings. The summed E-state index contributed by atoms with van der Waals surface area (Å²) < 4.78 is 11.0. The molecule has 1 amide bonds. The summed E-state index contributed by atoms with van der Waals surface area (Å²) in [7, 11) is 1.54. The lowest BCUT2D eigenvalue weighted by Gasteiger charge is -2.36. The second kappa shape index (κ2) is 5.26. The average Bonchev–Trinajstić information content (AvgIpc) is 2.65. The molecule has 1 aromatic rings. The predicted octanol–water partition coefficient (Wildman–Crippen LogP) is 1.05. The Morgan fingerprint density at radius 3 is 2.47 bits per heavy atom. The summed E-state index contributed by atoms with van der Waals surface area (Å²) in [5.74, 6) is 0.00139. The van der Waals surface area contributed by atoms with Crippen LogP contribution >= 0.6 is 11.3 Å². The van der Waals surface area contributed by atoms with Crippen LogP contribution in [0.1, 0.15) is 23.5 Å². The first-order chi connectivity index (χ1) is 8.93. The molecule has 1 aliphatic heterocycles. The number of hydrogen-bond donors (Lipinski definition) is 2. The van der Waals surface area contributed by atoms with E-state index in [1.807, 2.05) is 13.8 Å². The molecule has 106 valence electrons. The Kier molecular flexibility index (Phi) is 3.86. The summed E-state index contributed by atoms with van der Waals surface area (Å²) in [6.07, 6.45) is 0.239. The third-order valence-electron chi connectivity index (χ3n) is 3.02. The molecule has 4 N–H and O–H groups in total. The Balaban J connectivity index is 2.38. The van der Waals surface area contributed by atoms with Crippen LogP contribution in [0.25, 0.3) is 0 Å². The van der Waals surface area contributed by atoms with Gasteiger partial charge in [-0.1, -0.05) is 0 Å². The lowest BCUT2D eigenvalue weighted by atomic mass is 10.2. The van der Waals surface area contributed by atoms with Crippen LogP contribution in [0, 0.1) is 0 Å². The molecule has 0 aliphatic carbocycles. The second-order valence-electron chi connectivity index (χ2n) is 4.71. The highest BCUT2D eigenvalue weighted by Crippen LogP contribution is 2.45. The van der Waals surface area contributed by atoms with E-state index in [-0.39, 0.29) is 12.2 Å². The third kappa shape index (κ3) is 2.62. The lowest BCUT2D eigenvalue weighted by molar-refractivity contribution is -0.00510. The number of carbonyl (C=O) groups is 1. The topological polar surface area (TPSA) is 90.8 Å². The van der Waals surface area contributed by atoms with E-state index in [0.717, 1.165) is 18.1 Å². The molecule has 0 radical (unpaired) electrons. The van der Waals surface area contributed by atoms with Crippen molar-refractivity contribution in [3.05, 3.63) is 4.88 Å². The molecule has 2 unspecified atom stereocenters. The van der Waals surface area contributed by atoms with Crippen molar-refractivity contribution in [3.63, 3.8) is 0 Å². The number of anilines is 2. The van der Waals surface area contributed by atoms with E-state index in [2.05, 4.69) is 4.90 Å². The standard InChI is InChI=1S/C12H19N3O3S/c1-6-4-15(5-7(2)18-6)12-9(17-3)8(13)10(19-12)11(14)16/h6-7H,4-5,13H2,1-3H3,(H2,14,16). The number of morpholine rings is 1. The van der Waals surface area contributed by atoms with E-state index in [4.69, 9.17) is 20.9 Å². The molecule has 1 aromatic heterocycles. The van der Waals surface area contributed by atoms with Gasteiger partial charge in [0.05, 0.1) is 19.3 Å². The Labute approximate surface area is 116 Å². The lowest BCUT2D eigenvalue weighted by Crippen LogP contribution is -2.45. The molecule has 2 atom stereocenters.